The van der Waals surface area contributed by atoms with E-state index in [1.807, 2.05) is 0 Å². The first-order valence-electron chi connectivity index (χ1n) is 5.84. The van der Waals surface area contributed by atoms with Gasteiger partial charge in [0.05, 0.1) is 0 Å². The average molecular weight is 284 g/mol. The Morgan fingerprint density at radius 2 is 1.74 bits per heavy atom. The molecule has 0 aliphatic carbocycles. The van der Waals surface area contributed by atoms with Gasteiger partial charge in [-0.25, -0.2) is 9.59 Å². The maximum Gasteiger partial charge on any atom is 0.422 e. The molecule has 112 valence electrons. The molecule has 0 aromatic carbocycles. The van der Waals surface area contributed by atoms with Gasteiger partial charge in [-0.15, -0.1) is 0 Å². The van der Waals surface area contributed by atoms with E-state index in [2.05, 4.69) is 5.32 Å². The molecule has 0 aromatic rings. The Labute approximate surface area is 109 Å². The maximum atomic E-state index is 12.7. The SMILES string of the molecule is CCC(NC(=O)NC(C)(C(=O)O)C(F)(F)F)C(C)C. The van der Waals surface area contributed by atoms with Crippen molar-refractivity contribution in [2.45, 2.75) is 51.9 Å². The summed E-state index contributed by atoms with van der Waals surface area (Å²) in [6, 6.07) is -1.48. The van der Waals surface area contributed by atoms with Crippen molar-refractivity contribution in [3.8, 4) is 0 Å². The second-order valence-electron chi connectivity index (χ2n) is 4.79. The van der Waals surface area contributed by atoms with Gasteiger partial charge in [-0.2, -0.15) is 13.2 Å². The van der Waals surface area contributed by atoms with E-state index < -0.39 is 23.7 Å². The number of hydrogen-bond acceptors (Lipinski definition) is 2. The van der Waals surface area contributed by atoms with Gasteiger partial charge < -0.3 is 15.7 Å². The molecule has 2 unspecified atom stereocenters. The Hall–Kier alpha value is -1.47. The first-order chi connectivity index (χ1) is 8.45. The van der Waals surface area contributed by atoms with E-state index in [4.69, 9.17) is 5.11 Å². The minimum atomic E-state index is -5.09. The Kier molecular flexibility index (Phi) is 5.64. The van der Waals surface area contributed by atoms with Gasteiger partial charge in [0, 0.05) is 6.04 Å². The van der Waals surface area contributed by atoms with Gasteiger partial charge in [-0.1, -0.05) is 20.8 Å². The second kappa shape index (κ2) is 6.12. The predicted octanol–water partition coefficient (Wildman–Crippen LogP) is 2.13. The van der Waals surface area contributed by atoms with Gasteiger partial charge in [0.2, 0.25) is 5.54 Å². The molecule has 0 radical (unpaired) electrons. The van der Waals surface area contributed by atoms with Crippen LogP contribution in [-0.4, -0.2) is 34.9 Å². The van der Waals surface area contributed by atoms with Gasteiger partial charge >= 0.3 is 18.2 Å². The van der Waals surface area contributed by atoms with Crippen molar-refractivity contribution in [1.82, 2.24) is 10.6 Å². The third-order valence-corrected chi connectivity index (χ3v) is 2.92. The molecular formula is C11H19F3N2O3. The number of nitrogens with one attached hydrogen (secondary N) is 2. The molecular weight excluding hydrogens is 265 g/mol. The summed E-state index contributed by atoms with van der Waals surface area (Å²) in [6.07, 6.45) is -4.56. The molecule has 0 saturated heterocycles. The van der Waals surface area contributed by atoms with Crippen molar-refractivity contribution in [2.24, 2.45) is 5.92 Å². The molecule has 5 nitrogen and oxygen atoms in total. The third kappa shape index (κ3) is 4.29. The van der Waals surface area contributed by atoms with E-state index in [1.54, 1.807) is 20.8 Å². The number of amides is 2. The molecule has 8 heteroatoms. The molecule has 0 spiro atoms. The molecule has 3 N–H and O–H groups in total. The Bertz CT molecular complexity index is 345. The second-order valence-corrected chi connectivity index (χ2v) is 4.79. The number of rotatable bonds is 5. The zero-order valence-corrected chi connectivity index (χ0v) is 11.3. The molecule has 0 heterocycles. The molecule has 0 aromatic heterocycles. The number of halogens is 3. The highest BCUT2D eigenvalue weighted by Gasteiger charge is 2.58. The zero-order valence-electron chi connectivity index (χ0n) is 11.3. The van der Waals surface area contributed by atoms with Crippen LogP contribution < -0.4 is 10.6 Å². The van der Waals surface area contributed by atoms with E-state index in [0.29, 0.717) is 13.3 Å². The predicted molar refractivity (Wildman–Crippen MR) is 62.7 cm³/mol. The summed E-state index contributed by atoms with van der Waals surface area (Å²) in [4.78, 5) is 22.2. The lowest BCUT2D eigenvalue weighted by Gasteiger charge is -2.30. The monoisotopic (exact) mass is 284 g/mol. The van der Waals surface area contributed by atoms with Crippen LogP contribution in [-0.2, 0) is 4.79 Å². The summed E-state index contributed by atoms with van der Waals surface area (Å²) < 4.78 is 38.0. The van der Waals surface area contributed by atoms with Crippen molar-refractivity contribution in [3.63, 3.8) is 0 Å². The van der Waals surface area contributed by atoms with Gasteiger partial charge in [0.15, 0.2) is 0 Å². The average Bonchev–Trinajstić information content (AvgIpc) is 2.23. The van der Waals surface area contributed by atoms with Crippen LogP contribution in [0.3, 0.4) is 0 Å². The summed E-state index contributed by atoms with van der Waals surface area (Å²) in [5.74, 6) is -2.13. The summed E-state index contributed by atoms with van der Waals surface area (Å²) in [7, 11) is 0. The van der Waals surface area contributed by atoms with Crippen LogP contribution in [0.2, 0.25) is 0 Å². The minimum absolute atomic E-state index is 0.0257. The van der Waals surface area contributed by atoms with Crippen LogP contribution in [0.5, 0.6) is 0 Å². The summed E-state index contributed by atoms with van der Waals surface area (Å²) in [5.41, 5.74) is -3.31. The smallest absolute Gasteiger partial charge is 0.422 e. The first kappa shape index (κ1) is 17.5. The fourth-order valence-electron chi connectivity index (χ4n) is 1.42. The van der Waals surface area contributed by atoms with Crippen molar-refractivity contribution >= 4 is 12.0 Å². The number of aliphatic carboxylic acids is 1. The molecule has 0 fully saturated rings. The molecule has 0 bridgehead atoms. The normalized spacial score (nSPS) is 16.6. The molecule has 0 aliphatic heterocycles. The molecule has 0 aliphatic rings. The van der Waals surface area contributed by atoms with Crippen molar-refractivity contribution in [2.75, 3.05) is 0 Å². The molecule has 2 amide bonds. The summed E-state index contributed by atoms with van der Waals surface area (Å²) in [6.45, 7) is 5.78. The third-order valence-electron chi connectivity index (χ3n) is 2.92. The fourth-order valence-corrected chi connectivity index (χ4v) is 1.42. The van der Waals surface area contributed by atoms with Crippen LogP contribution in [0.4, 0.5) is 18.0 Å². The Balaban J connectivity index is 4.90. The molecule has 19 heavy (non-hydrogen) atoms. The van der Waals surface area contributed by atoms with Crippen LogP contribution in [0.25, 0.3) is 0 Å². The molecule has 0 saturated carbocycles. The van der Waals surface area contributed by atoms with E-state index in [1.165, 1.54) is 5.32 Å². The lowest BCUT2D eigenvalue weighted by Crippen LogP contribution is -2.64. The number of carbonyl (C=O) groups is 2. The number of alkyl halides is 3. The van der Waals surface area contributed by atoms with Crippen LogP contribution in [0, 0.1) is 5.92 Å². The number of urea groups is 1. The van der Waals surface area contributed by atoms with Gasteiger partial charge in [-0.3, -0.25) is 0 Å². The highest BCUT2D eigenvalue weighted by molar-refractivity contribution is 5.86. The van der Waals surface area contributed by atoms with Gasteiger partial charge in [0.25, 0.3) is 0 Å². The van der Waals surface area contributed by atoms with E-state index in [9.17, 15) is 22.8 Å². The molecule has 2 atom stereocenters. The lowest BCUT2D eigenvalue weighted by atomic mass is 10.0. The first-order valence-corrected chi connectivity index (χ1v) is 5.84. The zero-order chi connectivity index (χ0) is 15.4. The Morgan fingerprint density at radius 1 is 1.26 bits per heavy atom. The van der Waals surface area contributed by atoms with Crippen LogP contribution in [0.1, 0.15) is 34.1 Å². The van der Waals surface area contributed by atoms with Crippen molar-refractivity contribution in [1.29, 1.82) is 0 Å². The van der Waals surface area contributed by atoms with Crippen molar-refractivity contribution in [3.05, 3.63) is 0 Å². The van der Waals surface area contributed by atoms with Crippen LogP contribution >= 0.6 is 0 Å². The van der Waals surface area contributed by atoms with Gasteiger partial charge in [-0.05, 0) is 19.3 Å². The van der Waals surface area contributed by atoms with E-state index in [-0.39, 0.29) is 12.0 Å². The highest BCUT2D eigenvalue weighted by Crippen LogP contribution is 2.30. The topological polar surface area (TPSA) is 78.4 Å². The Morgan fingerprint density at radius 3 is 2.00 bits per heavy atom. The number of hydrogen-bond donors (Lipinski definition) is 3. The van der Waals surface area contributed by atoms with E-state index >= 15 is 0 Å². The summed E-state index contributed by atoms with van der Waals surface area (Å²) in [5, 5.41) is 12.5. The number of carboxylic acids is 1. The fraction of sp³-hybridized carbons (Fsp3) is 0.818. The lowest BCUT2D eigenvalue weighted by molar-refractivity contribution is -0.203. The van der Waals surface area contributed by atoms with Gasteiger partial charge in [0.1, 0.15) is 0 Å². The number of carboxylic acid groups (broad SMARTS) is 1. The maximum absolute atomic E-state index is 12.7. The standard InChI is InChI=1S/C11H19F3N2O3/c1-5-7(6(2)3)15-9(19)16-10(4,8(17)18)11(12,13)14/h6-7H,5H2,1-4H3,(H,17,18)(H2,15,16,19). The van der Waals surface area contributed by atoms with Crippen LogP contribution in [0.15, 0.2) is 0 Å². The summed E-state index contributed by atoms with van der Waals surface area (Å²) >= 11 is 0. The minimum Gasteiger partial charge on any atom is -0.479 e. The largest absolute Gasteiger partial charge is 0.479 e. The number of carbonyl (C=O) groups excluding carboxylic acids is 1. The molecule has 0 rings (SSSR count). The van der Waals surface area contributed by atoms with Crippen molar-refractivity contribution < 1.29 is 27.9 Å². The highest BCUT2D eigenvalue weighted by atomic mass is 19.4. The quantitative estimate of drug-likeness (QED) is 0.723. The van der Waals surface area contributed by atoms with E-state index in [0.717, 1.165) is 0 Å².